The maximum absolute atomic E-state index is 5.66. The van der Waals surface area contributed by atoms with E-state index in [1.165, 1.54) is 0 Å². The van der Waals surface area contributed by atoms with Crippen LogP contribution in [0.15, 0.2) is 16.9 Å². The number of hydrogen-bond donors (Lipinski definition) is 1. The Balaban J connectivity index is 1.92. The fourth-order valence-corrected chi connectivity index (χ4v) is 3.01. The van der Waals surface area contributed by atoms with Gasteiger partial charge in [0.05, 0.1) is 18.0 Å². The molecule has 0 amide bonds. The molecule has 20 heavy (non-hydrogen) atoms. The van der Waals surface area contributed by atoms with E-state index in [4.69, 9.17) is 4.74 Å². The van der Waals surface area contributed by atoms with Crippen molar-refractivity contribution in [1.29, 1.82) is 0 Å². The first kappa shape index (κ1) is 13.8. The van der Waals surface area contributed by atoms with Crippen LogP contribution in [0.5, 0.6) is 0 Å². The Kier molecular flexibility index (Phi) is 3.94. The third-order valence-electron chi connectivity index (χ3n) is 3.56. The van der Waals surface area contributed by atoms with Crippen molar-refractivity contribution in [3.63, 3.8) is 0 Å². The number of ether oxygens (including phenoxy) is 1. The normalized spacial score (nSPS) is 19.1. The van der Waals surface area contributed by atoms with Crippen molar-refractivity contribution in [3.8, 4) is 0 Å². The summed E-state index contributed by atoms with van der Waals surface area (Å²) < 4.78 is 8.49. The van der Waals surface area contributed by atoms with Crippen LogP contribution in [0.25, 0.3) is 11.0 Å². The zero-order valence-corrected chi connectivity index (χ0v) is 13.4. The van der Waals surface area contributed by atoms with Gasteiger partial charge in [-0.2, -0.15) is 5.10 Å². The first-order valence-electron chi connectivity index (χ1n) is 7.04. The molecule has 3 rings (SSSR count). The highest BCUT2D eigenvalue weighted by atomic mass is 79.9. The molecular weight excluding hydrogens is 320 g/mol. The summed E-state index contributed by atoms with van der Waals surface area (Å²) in [5, 5.41) is 7.93. The molecule has 0 unspecified atom stereocenters. The molecular formula is C14H19BrN4O. The number of rotatable bonds is 4. The molecule has 2 aromatic rings. The standard InChI is InChI=1S/C14H19BrN4O/c1-9(2)19-14-11(16-7-10-4-3-5-20-10)6-13(15)18-12(14)8-17-19/h6,8-10H,3-5,7H2,1-2H3,(H,16,18)/t10-/m0/s1. The lowest BCUT2D eigenvalue weighted by Crippen LogP contribution is -2.19. The van der Waals surface area contributed by atoms with Gasteiger partial charge in [0.25, 0.3) is 0 Å². The van der Waals surface area contributed by atoms with E-state index in [0.29, 0.717) is 12.1 Å². The lowest BCUT2D eigenvalue weighted by molar-refractivity contribution is 0.120. The van der Waals surface area contributed by atoms with Crippen molar-refractivity contribution in [1.82, 2.24) is 14.8 Å². The second-order valence-electron chi connectivity index (χ2n) is 5.43. The molecule has 1 aliphatic rings. The molecule has 0 aliphatic carbocycles. The van der Waals surface area contributed by atoms with E-state index in [1.54, 1.807) is 0 Å². The van der Waals surface area contributed by atoms with Crippen LogP contribution in [0, 0.1) is 0 Å². The van der Waals surface area contributed by atoms with Crippen LogP contribution in [0.1, 0.15) is 32.7 Å². The van der Waals surface area contributed by atoms with Crippen LogP contribution in [0.3, 0.4) is 0 Å². The van der Waals surface area contributed by atoms with Gasteiger partial charge < -0.3 is 10.1 Å². The highest BCUT2D eigenvalue weighted by Crippen LogP contribution is 2.28. The number of anilines is 1. The third-order valence-corrected chi connectivity index (χ3v) is 3.96. The van der Waals surface area contributed by atoms with Crippen LogP contribution in [0.2, 0.25) is 0 Å². The Bertz CT molecular complexity index is 604. The van der Waals surface area contributed by atoms with Crippen molar-refractivity contribution >= 4 is 32.7 Å². The average molecular weight is 339 g/mol. The zero-order chi connectivity index (χ0) is 14.1. The maximum Gasteiger partial charge on any atom is 0.112 e. The van der Waals surface area contributed by atoms with Gasteiger partial charge in [-0.1, -0.05) is 0 Å². The second kappa shape index (κ2) is 5.69. The van der Waals surface area contributed by atoms with Gasteiger partial charge in [0, 0.05) is 19.2 Å². The van der Waals surface area contributed by atoms with E-state index in [2.05, 4.69) is 45.2 Å². The van der Waals surface area contributed by atoms with Crippen molar-refractivity contribution in [2.24, 2.45) is 0 Å². The molecule has 0 radical (unpaired) electrons. The molecule has 0 saturated carbocycles. The molecule has 0 spiro atoms. The second-order valence-corrected chi connectivity index (χ2v) is 6.24. The monoisotopic (exact) mass is 338 g/mol. The van der Waals surface area contributed by atoms with Crippen LogP contribution in [-0.2, 0) is 4.74 Å². The maximum atomic E-state index is 5.66. The van der Waals surface area contributed by atoms with Crippen molar-refractivity contribution in [2.45, 2.75) is 38.8 Å². The number of nitrogens with one attached hydrogen (secondary N) is 1. The fourth-order valence-electron chi connectivity index (χ4n) is 2.59. The summed E-state index contributed by atoms with van der Waals surface area (Å²) in [7, 11) is 0. The molecule has 1 saturated heterocycles. The molecule has 0 bridgehead atoms. The minimum absolute atomic E-state index is 0.304. The Morgan fingerprint density at radius 2 is 2.40 bits per heavy atom. The molecule has 1 atom stereocenters. The molecule has 0 aromatic carbocycles. The zero-order valence-electron chi connectivity index (χ0n) is 11.8. The Morgan fingerprint density at radius 3 is 3.10 bits per heavy atom. The predicted molar refractivity (Wildman–Crippen MR) is 83.1 cm³/mol. The number of nitrogens with zero attached hydrogens (tertiary/aromatic N) is 3. The van der Waals surface area contributed by atoms with E-state index < -0.39 is 0 Å². The number of fused-ring (bicyclic) bond motifs is 1. The SMILES string of the molecule is CC(C)n1ncc2nc(Br)cc(NC[C@@H]3CCCO3)c21. The summed E-state index contributed by atoms with van der Waals surface area (Å²) in [5.41, 5.74) is 3.02. The lowest BCUT2D eigenvalue weighted by atomic mass is 10.2. The van der Waals surface area contributed by atoms with Crippen molar-refractivity contribution in [2.75, 3.05) is 18.5 Å². The molecule has 6 heteroatoms. The Labute approximate surface area is 126 Å². The molecule has 1 aliphatic heterocycles. The van der Waals surface area contributed by atoms with Gasteiger partial charge in [0.1, 0.15) is 15.6 Å². The summed E-state index contributed by atoms with van der Waals surface area (Å²) >= 11 is 3.46. The summed E-state index contributed by atoms with van der Waals surface area (Å²) in [6.45, 7) is 5.96. The minimum atomic E-state index is 0.304. The van der Waals surface area contributed by atoms with Gasteiger partial charge >= 0.3 is 0 Å². The molecule has 5 nitrogen and oxygen atoms in total. The third kappa shape index (κ3) is 2.67. The van der Waals surface area contributed by atoms with E-state index >= 15 is 0 Å². The van der Waals surface area contributed by atoms with Crippen molar-refractivity contribution < 1.29 is 4.74 Å². The van der Waals surface area contributed by atoms with Crippen LogP contribution in [-0.4, -0.2) is 34.0 Å². The summed E-state index contributed by atoms with van der Waals surface area (Å²) in [4.78, 5) is 4.48. The Morgan fingerprint density at radius 1 is 1.55 bits per heavy atom. The van der Waals surface area contributed by atoms with E-state index in [-0.39, 0.29) is 0 Å². The fraction of sp³-hybridized carbons (Fsp3) is 0.571. The van der Waals surface area contributed by atoms with Crippen LogP contribution < -0.4 is 5.32 Å². The van der Waals surface area contributed by atoms with Gasteiger partial charge in [-0.25, -0.2) is 4.98 Å². The van der Waals surface area contributed by atoms with Gasteiger partial charge in [0.15, 0.2) is 0 Å². The topological polar surface area (TPSA) is 52.0 Å². The first-order chi connectivity index (χ1) is 9.65. The summed E-state index contributed by atoms with van der Waals surface area (Å²) in [5.74, 6) is 0. The largest absolute Gasteiger partial charge is 0.381 e. The van der Waals surface area contributed by atoms with Gasteiger partial charge in [-0.15, -0.1) is 0 Å². The number of halogens is 1. The highest BCUT2D eigenvalue weighted by Gasteiger charge is 2.17. The summed E-state index contributed by atoms with van der Waals surface area (Å²) in [6.07, 6.45) is 4.42. The van der Waals surface area contributed by atoms with Gasteiger partial charge in [-0.3, -0.25) is 4.68 Å². The smallest absolute Gasteiger partial charge is 0.112 e. The number of hydrogen-bond acceptors (Lipinski definition) is 4. The van der Waals surface area contributed by atoms with Crippen LogP contribution in [0.4, 0.5) is 5.69 Å². The first-order valence-corrected chi connectivity index (χ1v) is 7.83. The lowest BCUT2D eigenvalue weighted by Gasteiger charge is -2.15. The van der Waals surface area contributed by atoms with E-state index in [0.717, 1.165) is 47.3 Å². The van der Waals surface area contributed by atoms with E-state index in [1.807, 2.05) is 16.9 Å². The van der Waals surface area contributed by atoms with Crippen LogP contribution >= 0.6 is 15.9 Å². The summed E-state index contributed by atoms with van der Waals surface area (Å²) in [6, 6.07) is 2.32. The van der Waals surface area contributed by atoms with Crippen molar-refractivity contribution in [3.05, 3.63) is 16.9 Å². The number of aromatic nitrogens is 3. The number of pyridine rings is 1. The molecule has 1 fully saturated rings. The molecule has 1 N–H and O–H groups in total. The average Bonchev–Trinajstić information content (AvgIpc) is 3.04. The molecule has 3 heterocycles. The van der Waals surface area contributed by atoms with E-state index in [9.17, 15) is 0 Å². The molecule has 2 aromatic heterocycles. The molecule has 108 valence electrons. The minimum Gasteiger partial charge on any atom is -0.381 e. The van der Waals surface area contributed by atoms with Gasteiger partial charge in [-0.05, 0) is 48.7 Å². The quantitative estimate of drug-likeness (QED) is 0.868. The Hall–Kier alpha value is -1.14. The predicted octanol–water partition coefficient (Wildman–Crippen LogP) is 3.37. The van der Waals surface area contributed by atoms with Gasteiger partial charge in [0.2, 0.25) is 0 Å². The highest BCUT2D eigenvalue weighted by molar-refractivity contribution is 9.10.